The van der Waals surface area contributed by atoms with Crippen molar-refractivity contribution in [1.82, 2.24) is 19.3 Å². The lowest BCUT2D eigenvalue weighted by Crippen LogP contribution is -2.12. The molecule has 3 rings (SSSR count). The van der Waals surface area contributed by atoms with E-state index in [0.29, 0.717) is 23.9 Å². The molecule has 0 radical (unpaired) electrons. The molecule has 2 aromatic rings. The molecule has 0 aromatic carbocycles. The van der Waals surface area contributed by atoms with Gasteiger partial charge in [-0.25, -0.2) is 8.42 Å². The minimum Gasteiger partial charge on any atom is -0.348 e. The van der Waals surface area contributed by atoms with E-state index < -0.39 is 9.84 Å². The Morgan fingerprint density at radius 1 is 1.34 bits per heavy atom. The Labute approximate surface area is 176 Å². The van der Waals surface area contributed by atoms with E-state index in [0.717, 1.165) is 29.9 Å². The average molecular weight is 437 g/mol. The zero-order valence-corrected chi connectivity index (χ0v) is 18.9. The predicted molar refractivity (Wildman–Crippen MR) is 115 cm³/mol. The van der Waals surface area contributed by atoms with Crippen molar-refractivity contribution < 1.29 is 13.2 Å². The topological polar surface area (TPSA) is 86.8 Å². The zero-order valence-electron chi connectivity index (χ0n) is 17.2. The molecule has 1 aliphatic rings. The predicted octanol–water partition coefficient (Wildman–Crippen LogP) is 3.17. The molecule has 158 valence electrons. The summed E-state index contributed by atoms with van der Waals surface area (Å²) >= 11 is 1.34. The Bertz CT molecular complexity index is 1020. The van der Waals surface area contributed by atoms with Crippen LogP contribution in [0, 0.1) is 13.8 Å². The molecule has 0 N–H and O–H groups in total. The highest BCUT2D eigenvalue weighted by atomic mass is 32.2. The number of nitrogens with zero attached hydrogens (tertiary/aromatic N) is 4. The minimum absolute atomic E-state index is 0.0589. The zero-order chi connectivity index (χ0) is 21.2. The number of aryl methyl sites for hydroxylation is 1. The fraction of sp³-hybridized carbons (Fsp3) is 0.550. The van der Waals surface area contributed by atoms with Crippen LogP contribution in [0.4, 0.5) is 0 Å². The molecule has 29 heavy (non-hydrogen) atoms. The van der Waals surface area contributed by atoms with Gasteiger partial charge in [-0.3, -0.25) is 4.79 Å². The van der Waals surface area contributed by atoms with E-state index in [1.165, 1.54) is 11.8 Å². The molecule has 1 atom stereocenters. The van der Waals surface area contributed by atoms with E-state index in [-0.39, 0.29) is 29.0 Å². The molecule has 2 aromatic heterocycles. The quantitative estimate of drug-likeness (QED) is 0.341. The van der Waals surface area contributed by atoms with E-state index in [4.69, 9.17) is 0 Å². The molecule has 0 amide bonds. The third kappa shape index (κ3) is 4.66. The van der Waals surface area contributed by atoms with E-state index in [9.17, 15) is 13.2 Å². The number of allylic oxidation sites excluding steroid dienone is 1. The third-order valence-corrected chi connectivity index (χ3v) is 8.04. The van der Waals surface area contributed by atoms with Gasteiger partial charge in [-0.15, -0.1) is 16.8 Å². The van der Waals surface area contributed by atoms with Crippen molar-refractivity contribution >= 4 is 27.4 Å². The molecule has 0 saturated carbocycles. The largest absolute Gasteiger partial charge is 0.348 e. The van der Waals surface area contributed by atoms with Crippen molar-refractivity contribution in [3.63, 3.8) is 0 Å². The van der Waals surface area contributed by atoms with Crippen molar-refractivity contribution in [2.45, 2.75) is 57.8 Å². The SMILES string of the molecule is C=CCn1c(SCC(=O)c2cc(C)n(CCC)c2C)nnc1[C@H]1CCS(=O)(=O)C1. The fourth-order valence-electron chi connectivity index (χ4n) is 3.87. The molecule has 0 unspecified atom stereocenters. The van der Waals surface area contributed by atoms with Gasteiger partial charge >= 0.3 is 0 Å². The summed E-state index contributed by atoms with van der Waals surface area (Å²) in [5.41, 5.74) is 2.84. The summed E-state index contributed by atoms with van der Waals surface area (Å²) in [4.78, 5) is 12.8. The van der Waals surface area contributed by atoms with Gasteiger partial charge in [-0.2, -0.15) is 0 Å². The fourth-order valence-corrected chi connectivity index (χ4v) is 6.44. The molecule has 1 aliphatic heterocycles. The summed E-state index contributed by atoms with van der Waals surface area (Å²) in [7, 11) is -3.01. The Morgan fingerprint density at radius 3 is 2.72 bits per heavy atom. The first-order valence-electron chi connectivity index (χ1n) is 9.84. The Balaban J connectivity index is 1.76. The maximum atomic E-state index is 12.8. The van der Waals surface area contributed by atoms with Gasteiger partial charge in [-0.05, 0) is 32.8 Å². The summed E-state index contributed by atoms with van der Waals surface area (Å²) < 4.78 is 27.7. The second-order valence-corrected chi connectivity index (χ2v) is 10.7. The number of sulfone groups is 1. The van der Waals surface area contributed by atoms with Crippen LogP contribution >= 0.6 is 11.8 Å². The normalized spacial score (nSPS) is 18.2. The first-order chi connectivity index (χ1) is 13.8. The highest BCUT2D eigenvalue weighted by molar-refractivity contribution is 7.99. The number of thioether (sulfide) groups is 1. The van der Waals surface area contributed by atoms with Gasteiger partial charge in [0, 0.05) is 36.0 Å². The van der Waals surface area contributed by atoms with Gasteiger partial charge in [0.1, 0.15) is 5.82 Å². The van der Waals surface area contributed by atoms with Crippen LogP contribution in [0.25, 0.3) is 0 Å². The molecule has 9 heteroatoms. The summed E-state index contributed by atoms with van der Waals surface area (Å²) in [5.74, 6) is 1.13. The van der Waals surface area contributed by atoms with Crippen LogP contribution in [0.5, 0.6) is 0 Å². The van der Waals surface area contributed by atoms with Crippen molar-refractivity contribution in [3.8, 4) is 0 Å². The molecular formula is C20H28N4O3S2. The molecule has 1 fully saturated rings. The molecule has 0 aliphatic carbocycles. The monoisotopic (exact) mass is 436 g/mol. The smallest absolute Gasteiger partial charge is 0.191 e. The summed E-state index contributed by atoms with van der Waals surface area (Å²) in [5, 5.41) is 9.13. The second kappa shape index (κ2) is 8.87. The van der Waals surface area contributed by atoms with Gasteiger partial charge in [0.05, 0.1) is 17.3 Å². The first-order valence-corrected chi connectivity index (χ1v) is 12.6. The summed E-state index contributed by atoms with van der Waals surface area (Å²) in [6, 6.07) is 1.96. The lowest BCUT2D eigenvalue weighted by atomic mass is 10.1. The molecule has 0 spiro atoms. The molecule has 1 saturated heterocycles. The van der Waals surface area contributed by atoms with E-state index in [2.05, 4.69) is 28.3 Å². The number of hydrogen-bond acceptors (Lipinski definition) is 6. The Kier molecular flexibility index (Phi) is 6.68. The summed E-state index contributed by atoms with van der Waals surface area (Å²) in [6.45, 7) is 11.3. The maximum absolute atomic E-state index is 12.8. The molecular weight excluding hydrogens is 408 g/mol. The number of hydrogen-bond donors (Lipinski definition) is 0. The average Bonchev–Trinajstić information content (AvgIpc) is 3.31. The number of carbonyl (C=O) groups is 1. The molecule has 3 heterocycles. The standard InChI is InChI=1S/C20H28N4O3S2/c1-5-8-23-14(3)11-17(15(23)4)18(25)12-28-20-22-21-19(24(20)9-6-2)16-7-10-29(26,27)13-16/h6,11,16H,2,5,7-10,12-13H2,1,3-4H3/t16-/m0/s1. The minimum atomic E-state index is -3.01. The van der Waals surface area contributed by atoms with Crippen LogP contribution in [0.3, 0.4) is 0 Å². The van der Waals surface area contributed by atoms with Crippen molar-refractivity contribution in [2.24, 2.45) is 0 Å². The Morgan fingerprint density at radius 2 is 2.10 bits per heavy atom. The Hall–Kier alpha value is -1.87. The van der Waals surface area contributed by atoms with E-state index in [1.54, 1.807) is 6.08 Å². The van der Waals surface area contributed by atoms with E-state index >= 15 is 0 Å². The maximum Gasteiger partial charge on any atom is 0.191 e. The first kappa shape index (κ1) is 21.8. The van der Waals surface area contributed by atoms with Crippen LogP contribution in [-0.2, 0) is 22.9 Å². The van der Waals surface area contributed by atoms with Gasteiger partial charge in [0.15, 0.2) is 20.8 Å². The molecule has 0 bridgehead atoms. The number of ketones is 1. The highest BCUT2D eigenvalue weighted by Crippen LogP contribution is 2.30. The number of Topliss-reactive ketones (excluding diaryl/α,β-unsaturated/α-hetero) is 1. The number of rotatable bonds is 9. The van der Waals surface area contributed by atoms with Crippen LogP contribution in [0.2, 0.25) is 0 Å². The van der Waals surface area contributed by atoms with E-state index in [1.807, 2.05) is 24.5 Å². The van der Waals surface area contributed by atoms with Gasteiger partial charge in [-0.1, -0.05) is 24.8 Å². The van der Waals surface area contributed by atoms with Gasteiger partial charge in [0.25, 0.3) is 0 Å². The third-order valence-electron chi connectivity index (χ3n) is 5.31. The van der Waals surface area contributed by atoms with Crippen molar-refractivity contribution in [3.05, 3.63) is 41.5 Å². The lowest BCUT2D eigenvalue weighted by molar-refractivity contribution is 0.102. The van der Waals surface area contributed by atoms with Crippen LogP contribution in [-0.4, -0.2) is 50.8 Å². The van der Waals surface area contributed by atoms with Crippen molar-refractivity contribution in [2.75, 3.05) is 17.3 Å². The summed E-state index contributed by atoms with van der Waals surface area (Å²) in [6.07, 6.45) is 3.31. The van der Waals surface area contributed by atoms with Crippen LogP contribution < -0.4 is 0 Å². The second-order valence-electron chi connectivity index (χ2n) is 7.49. The van der Waals surface area contributed by atoms with Crippen LogP contribution in [0.1, 0.15) is 53.3 Å². The number of carbonyl (C=O) groups excluding carboxylic acids is 1. The molecule has 7 nitrogen and oxygen atoms in total. The number of aromatic nitrogens is 4. The van der Waals surface area contributed by atoms with Gasteiger partial charge < -0.3 is 9.13 Å². The highest BCUT2D eigenvalue weighted by Gasteiger charge is 2.33. The van der Waals surface area contributed by atoms with Gasteiger partial charge in [0.2, 0.25) is 0 Å². The van der Waals surface area contributed by atoms with Crippen molar-refractivity contribution in [1.29, 1.82) is 0 Å². The lowest BCUT2D eigenvalue weighted by Gasteiger charge is -2.11. The van der Waals surface area contributed by atoms with Crippen LogP contribution in [0.15, 0.2) is 23.9 Å².